The van der Waals surface area contributed by atoms with Crippen LogP contribution >= 0.6 is 12.6 Å². The fourth-order valence-corrected chi connectivity index (χ4v) is 2.80. The van der Waals surface area contributed by atoms with Crippen molar-refractivity contribution in [3.8, 4) is 0 Å². The van der Waals surface area contributed by atoms with Crippen molar-refractivity contribution in [2.24, 2.45) is 0 Å². The third-order valence-corrected chi connectivity index (χ3v) is 4.15. The third-order valence-electron chi connectivity index (χ3n) is 3.73. The van der Waals surface area contributed by atoms with Crippen LogP contribution in [0.5, 0.6) is 0 Å². The van der Waals surface area contributed by atoms with E-state index >= 15 is 0 Å². The number of nitrogens with one attached hydrogen (secondary N) is 2. The summed E-state index contributed by atoms with van der Waals surface area (Å²) in [4.78, 5) is 14.4. The van der Waals surface area contributed by atoms with E-state index in [1.54, 1.807) is 0 Å². The fraction of sp³-hybridized carbons (Fsp3) is 0.562. The number of nitrogens with zero attached hydrogens (tertiary/aromatic N) is 1. The lowest BCUT2D eigenvalue weighted by Crippen LogP contribution is -2.44. The lowest BCUT2D eigenvalue weighted by Gasteiger charge is -2.27. The predicted octanol–water partition coefficient (Wildman–Crippen LogP) is 0.939. The number of amides is 1. The predicted molar refractivity (Wildman–Crippen MR) is 89.9 cm³/mol. The lowest BCUT2D eigenvalue weighted by molar-refractivity contribution is -0.120. The van der Waals surface area contributed by atoms with Crippen LogP contribution in [0, 0.1) is 0 Å². The summed E-state index contributed by atoms with van der Waals surface area (Å²) >= 11 is 4.41. The molecule has 1 fully saturated rings. The topological polar surface area (TPSA) is 44.4 Å². The summed E-state index contributed by atoms with van der Waals surface area (Å²) in [7, 11) is 0. The van der Waals surface area contributed by atoms with Crippen molar-refractivity contribution < 1.29 is 4.79 Å². The highest BCUT2D eigenvalue weighted by Crippen LogP contribution is 2.07. The molecule has 0 aromatic heterocycles. The van der Waals surface area contributed by atoms with Crippen molar-refractivity contribution in [3.05, 3.63) is 35.9 Å². The van der Waals surface area contributed by atoms with Gasteiger partial charge in [0.15, 0.2) is 0 Å². The van der Waals surface area contributed by atoms with Crippen LogP contribution in [-0.4, -0.2) is 55.3 Å². The first-order valence-corrected chi connectivity index (χ1v) is 8.20. The van der Waals surface area contributed by atoms with Gasteiger partial charge >= 0.3 is 0 Å². The SMILES string of the molecule is O=C(NCCCN1CCNCC1)C(S)Cc1ccccc1. The maximum Gasteiger partial charge on any atom is 0.233 e. The van der Waals surface area contributed by atoms with Crippen LogP contribution < -0.4 is 10.6 Å². The molecule has 1 saturated heterocycles. The Morgan fingerprint density at radius 3 is 2.71 bits per heavy atom. The Morgan fingerprint density at radius 2 is 2.00 bits per heavy atom. The van der Waals surface area contributed by atoms with Crippen LogP contribution in [-0.2, 0) is 11.2 Å². The molecule has 1 unspecified atom stereocenters. The number of hydrogen-bond donors (Lipinski definition) is 3. The van der Waals surface area contributed by atoms with Gasteiger partial charge in [0.1, 0.15) is 0 Å². The second-order valence-corrected chi connectivity index (χ2v) is 6.07. The van der Waals surface area contributed by atoms with Crippen LogP contribution in [0.25, 0.3) is 0 Å². The normalized spacial score (nSPS) is 17.4. The van der Waals surface area contributed by atoms with Gasteiger partial charge in [0, 0.05) is 32.7 Å². The summed E-state index contributed by atoms with van der Waals surface area (Å²) in [5.41, 5.74) is 1.15. The summed E-state index contributed by atoms with van der Waals surface area (Å²) in [6.07, 6.45) is 1.67. The van der Waals surface area contributed by atoms with E-state index in [1.165, 1.54) is 0 Å². The molecule has 1 aromatic rings. The highest BCUT2D eigenvalue weighted by molar-refractivity contribution is 7.81. The highest BCUT2D eigenvalue weighted by Gasteiger charge is 2.14. The van der Waals surface area contributed by atoms with Crippen molar-refractivity contribution >= 4 is 18.5 Å². The number of carbonyl (C=O) groups is 1. The molecular weight excluding hydrogens is 282 g/mol. The number of thiol groups is 1. The van der Waals surface area contributed by atoms with Crippen LogP contribution in [0.15, 0.2) is 30.3 Å². The minimum absolute atomic E-state index is 0.0301. The molecule has 1 heterocycles. The van der Waals surface area contributed by atoms with E-state index in [1.807, 2.05) is 30.3 Å². The molecule has 0 spiro atoms. The molecule has 116 valence electrons. The Labute approximate surface area is 132 Å². The molecule has 5 heteroatoms. The van der Waals surface area contributed by atoms with Gasteiger partial charge in [-0.3, -0.25) is 4.79 Å². The standard InChI is InChI=1S/C16H25N3OS/c20-16(15(21)13-14-5-2-1-3-6-14)18-7-4-10-19-11-8-17-9-12-19/h1-3,5-6,15,17,21H,4,7-13H2,(H,18,20). The average Bonchev–Trinajstić information content (AvgIpc) is 2.53. The Morgan fingerprint density at radius 1 is 1.29 bits per heavy atom. The van der Waals surface area contributed by atoms with Gasteiger partial charge in [-0.05, 0) is 24.9 Å². The molecule has 21 heavy (non-hydrogen) atoms. The molecule has 4 nitrogen and oxygen atoms in total. The van der Waals surface area contributed by atoms with E-state index < -0.39 is 0 Å². The smallest absolute Gasteiger partial charge is 0.233 e. The summed E-state index contributed by atoms with van der Waals surface area (Å²) in [5.74, 6) is 0.0301. The molecule has 1 atom stereocenters. The molecule has 1 aliphatic heterocycles. The Balaban J connectivity index is 1.60. The lowest BCUT2D eigenvalue weighted by atomic mass is 10.1. The fourth-order valence-electron chi connectivity index (χ4n) is 2.50. The number of rotatable bonds is 7. The van der Waals surface area contributed by atoms with E-state index in [0.717, 1.165) is 51.3 Å². The monoisotopic (exact) mass is 307 g/mol. The van der Waals surface area contributed by atoms with Gasteiger partial charge in [-0.15, -0.1) is 0 Å². The van der Waals surface area contributed by atoms with Crippen molar-refractivity contribution in [2.75, 3.05) is 39.3 Å². The summed E-state index contributed by atoms with van der Waals surface area (Å²) in [6.45, 7) is 6.14. The maximum absolute atomic E-state index is 12.0. The zero-order valence-corrected chi connectivity index (χ0v) is 13.3. The number of carbonyl (C=O) groups excluding carboxylic acids is 1. The minimum Gasteiger partial charge on any atom is -0.355 e. The first-order chi connectivity index (χ1) is 10.3. The first kappa shape index (κ1) is 16.3. The zero-order chi connectivity index (χ0) is 14.9. The Bertz CT molecular complexity index is 421. The highest BCUT2D eigenvalue weighted by atomic mass is 32.1. The molecule has 0 saturated carbocycles. The molecule has 0 bridgehead atoms. The third kappa shape index (κ3) is 6.08. The molecular formula is C16H25N3OS. The Hall–Kier alpha value is -1.04. The second-order valence-electron chi connectivity index (χ2n) is 5.44. The van der Waals surface area contributed by atoms with Gasteiger partial charge in [-0.25, -0.2) is 0 Å². The minimum atomic E-state index is -0.272. The number of piperazine rings is 1. The van der Waals surface area contributed by atoms with Crippen molar-refractivity contribution in [1.82, 2.24) is 15.5 Å². The maximum atomic E-state index is 12.0. The second kappa shape index (κ2) is 9.07. The van der Waals surface area contributed by atoms with Crippen molar-refractivity contribution in [1.29, 1.82) is 0 Å². The van der Waals surface area contributed by atoms with Gasteiger partial charge in [0.25, 0.3) is 0 Å². The van der Waals surface area contributed by atoms with E-state index in [4.69, 9.17) is 0 Å². The Kier molecular flexibility index (Phi) is 7.06. The molecule has 0 radical (unpaired) electrons. The summed E-state index contributed by atoms with van der Waals surface area (Å²) < 4.78 is 0. The van der Waals surface area contributed by atoms with Crippen molar-refractivity contribution in [2.45, 2.75) is 18.1 Å². The summed E-state index contributed by atoms with van der Waals surface area (Å²) in [5, 5.41) is 6.05. The quantitative estimate of drug-likeness (QED) is 0.519. The largest absolute Gasteiger partial charge is 0.355 e. The van der Waals surface area contributed by atoms with Crippen LogP contribution in [0.1, 0.15) is 12.0 Å². The molecule has 2 rings (SSSR count). The number of benzene rings is 1. The van der Waals surface area contributed by atoms with Crippen LogP contribution in [0.4, 0.5) is 0 Å². The zero-order valence-electron chi connectivity index (χ0n) is 12.4. The van der Waals surface area contributed by atoms with Gasteiger partial charge in [-0.2, -0.15) is 12.6 Å². The molecule has 0 aliphatic carbocycles. The van der Waals surface area contributed by atoms with Gasteiger partial charge in [0.2, 0.25) is 5.91 Å². The molecule has 1 aliphatic rings. The van der Waals surface area contributed by atoms with E-state index in [9.17, 15) is 4.79 Å². The van der Waals surface area contributed by atoms with Gasteiger partial charge in [-0.1, -0.05) is 30.3 Å². The van der Waals surface area contributed by atoms with Gasteiger partial charge in [0.05, 0.1) is 5.25 Å². The van der Waals surface area contributed by atoms with E-state index in [0.29, 0.717) is 6.42 Å². The molecule has 1 amide bonds. The van der Waals surface area contributed by atoms with E-state index in [-0.39, 0.29) is 11.2 Å². The summed E-state index contributed by atoms with van der Waals surface area (Å²) in [6, 6.07) is 10.0. The van der Waals surface area contributed by atoms with Crippen molar-refractivity contribution in [3.63, 3.8) is 0 Å². The number of hydrogen-bond acceptors (Lipinski definition) is 4. The van der Waals surface area contributed by atoms with E-state index in [2.05, 4.69) is 28.2 Å². The molecule has 1 aromatic carbocycles. The van der Waals surface area contributed by atoms with Crippen LogP contribution in [0.3, 0.4) is 0 Å². The average molecular weight is 307 g/mol. The van der Waals surface area contributed by atoms with Gasteiger partial charge < -0.3 is 15.5 Å². The van der Waals surface area contributed by atoms with Crippen LogP contribution in [0.2, 0.25) is 0 Å². The first-order valence-electron chi connectivity index (χ1n) is 7.68. The molecule has 2 N–H and O–H groups in total.